The fraction of sp³-hybridized carbons (Fsp3) is 0.714. The van der Waals surface area contributed by atoms with E-state index in [0.717, 1.165) is 25.4 Å². The smallest absolute Gasteiger partial charge is 0.0701 e. The van der Waals surface area contributed by atoms with Crippen LogP contribution in [0.4, 0.5) is 0 Å². The van der Waals surface area contributed by atoms with Gasteiger partial charge in [0.1, 0.15) is 0 Å². The van der Waals surface area contributed by atoms with E-state index >= 15 is 0 Å². The molecule has 0 radical (unpaired) electrons. The number of aliphatic hydroxyl groups excluding tert-OH is 1. The molecule has 18 heavy (non-hydrogen) atoms. The predicted octanol–water partition coefficient (Wildman–Crippen LogP) is 3.74. The van der Waals surface area contributed by atoms with Crippen LogP contribution in [0.3, 0.4) is 0 Å². The van der Waals surface area contributed by atoms with Gasteiger partial charge in [-0.25, -0.2) is 0 Å². The number of rotatable bonds is 4. The number of hydrogen-bond donors (Lipinski definition) is 1. The summed E-state index contributed by atoms with van der Waals surface area (Å²) in [5, 5.41) is 12.3. The third-order valence-electron chi connectivity index (χ3n) is 3.82. The standard InChI is InChI=1S/C14H22BrNOS/c1-10-3-4-13(17)12(5-10)8-16(2)7-11-6-14(15)18-9-11/h6,9-10,12-13,17H,3-5,7-8H2,1-2H3. The molecule has 0 aliphatic heterocycles. The van der Waals surface area contributed by atoms with E-state index in [0.29, 0.717) is 5.92 Å². The van der Waals surface area contributed by atoms with Crippen molar-refractivity contribution in [3.63, 3.8) is 0 Å². The summed E-state index contributed by atoms with van der Waals surface area (Å²) < 4.78 is 1.19. The lowest BCUT2D eigenvalue weighted by atomic mass is 9.80. The first-order valence-corrected chi connectivity index (χ1v) is 8.31. The summed E-state index contributed by atoms with van der Waals surface area (Å²) in [6.45, 7) is 4.27. The summed E-state index contributed by atoms with van der Waals surface area (Å²) in [7, 11) is 2.15. The maximum atomic E-state index is 10.1. The molecule has 0 bridgehead atoms. The van der Waals surface area contributed by atoms with Gasteiger partial charge in [-0.1, -0.05) is 6.92 Å². The van der Waals surface area contributed by atoms with Gasteiger partial charge in [0.2, 0.25) is 0 Å². The van der Waals surface area contributed by atoms with E-state index in [9.17, 15) is 5.11 Å². The maximum Gasteiger partial charge on any atom is 0.0701 e. The van der Waals surface area contributed by atoms with Crippen molar-refractivity contribution in [2.75, 3.05) is 13.6 Å². The van der Waals surface area contributed by atoms with Gasteiger partial charge in [0.25, 0.3) is 0 Å². The largest absolute Gasteiger partial charge is 0.393 e. The Bertz CT molecular complexity index is 382. The van der Waals surface area contributed by atoms with Gasteiger partial charge < -0.3 is 10.0 Å². The zero-order chi connectivity index (χ0) is 13.1. The van der Waals surface area contributed by atoms with Crippen LogP contribution in [0, 0.1) is 11.8 Å². The second-order valence-electron chi connectivity index (χ2n) is 5.70. The van der Waals surface area contributed by atoms with Crippen molar-refractivity contribution in [2.24, 2.45) is 11.8 Å². The molecular formula is C14H22BrNOS. The third-order valence-corrected chi connectivity index (χ3v) is 5.38. The molecule has 102 valence electrons. The third kappa shape index (κ3) is 4.05. The fourth-order valence-corrected chi connectivity index (χ4v) is 4.08. The lowest BCUT2D eigenvalue weighted by Gasteiger charge is -2.34. The van der Waals surface area contributed by atoms with Crippen molar-refractivity contribution in [3.05, 3.63) is 20.8 Å². The number of nitrogens with zero attached hydrogens (tertiary/aromatic N) is 1. The van der Waals surface area contributed by atoms with Gasteiger partial charge in [-0.15, -0.1) is 11.3 Å². The number of aliphatic hydroxyl groups is 1. The van der Waals surface area contributed by atoms with Gasteiger partial charge in [0.15, 0.2) is 0 Å². The Morgan fingerprint density at radius 1 is 1.50 bits per heavy atom. The van der Waals surface area contributed by atoms with Crippen LogP contribution in [0.1, 0.15) is 31.7 Å². The lowest BCUT2D eigenvalue weighted by Crippen LogP contribution is -2.36. The monoisotopic (exact) mass is 331 g/mol. The molecule has 3 atom stereocenters. The van der Waals surface area contributed by atoms with Crippen LogP contribution in [0.15, 0.2) is 15.2 Å². The first-order chi connectivity index (χ1) is 8.54. The van der Waals surface area contributed by atoms with E-state index in [1.54, 1.807) is 11.3 Å². The minimum absolute atomic E-state index is 0.0992. The van der Waals surface area contributed by atoms with Crippen molar-refractivity contribution in [1.82, 2.24) is 4.90 Å². The average molecular weight is 332 g/mol. The van der Waals surface area contributed by atoms with Crippen molar-refractivity contribution in [2.45, 2.75) is 38.8 Å². The number of thiophene rings is 1. The van der Waals surface area contributed by atoms with Crippen molar-refractivity contribution < 1.29 is 5.11 Å². The highest BCUT2D eigenvalue weighted by Crippen LogP contribution is 2.30. The fourth-order valence-electron chi connectivity index (χ4n) is 2.88. The summed E-state index contributed by atoms with van der Waals surface area (Å²) in [6.07, 6.45) is 3.22. The molecule has 1 fully saturated rings. The molecule has 2 nitrogen and oxygen atoms in total. The van der Waals surface area contributed by atoms with Crippen molar-refractivity contribution in [3.8, 4) is 0 Å². The molecule has 2 rings (SSSR count). The SMILES string of the molecule is CC1CCC(O)C(CN(C)Cc2csc(Br)c2)C1. The molecule has 0 saturated heterocycles. The Labute approximate surface area is 122 Å². The second kappa shape index (κ2) is 6.51. The highest BCUT2D eigenvalue weighted by Gasteiger charge is 2.27. The molecule has 1 aromatic heterocycles. The van der Waals surface area contributed by atoms with Gasteiger partial charge in [0, 0.05) is 13.1 Å². The van der Waals surface area contributed by atoms with Gasteiger partial charge in [-0.05, 0) is 71.1 Å². The van der Waals surface area contributed by atoms with Crippen LogP contribution in [-0.4, -0.2) is 29.7 Å². The Morgan fingerprint density at radius 2 is 2.28 bits per heavy atom. The molecule has 1 N–H and O–H groups in total. The second-order valence-corrected chi connectivity index (χ2v) is 7.99. The topological polar surface area (TPSA) is 23.5 Å². The quantitative estimate of drug-likeness (QED) is 0.908. The van der Waals surface area contributed by atoms with Gasteiger partial charge >= 0.3 is 0 Å². The van der Waals surface area contributed by atoms with E-state index in [1.165, 1.54) is 22.2 Å². The molecule has 0 aromatic carbocycles. The number of hydrogen-bond acceptors (Lipinski definition) is 3. The summed E-state index contributed by atoms with van der Waals surface area (Å²) in [5.74, 6) is 1.21. The molecule has 3 unspecified atom stereocenters. The van der Waals surface area contributed by atoms with Crippen LogP contribution in [-0.2, 0) is 6.54 Å². The molecule has 1 aromatic rings. The molecule has 1 saturated carbocycles. The highest BCUT2D eigenvalue weighted by molar-refractivity contribution is 9.11. The Hall–Kier alpha value is 0.100. The van der Waals surface area contributed by atoms with E-state index in [2.05, 4.69) is 46.2 Å². The Morgan fingerprint density at radius 3 is 2.94 bits per heavy atom. The van der Waals surface area contributed by atoms with Gasteiger partial charge in [-0.3, -0.25) is 0 Å². The minimum atomic E-state index is -0.0992. The average Bonchev–Trinajstić information content (AvgIpc) is 2.69. The summed E-state index contributed by atoms with van der Waals surface area (Å²) >= 11 is 5.23. The molecule has 0 amide bonds. The molecule has 1 heterocycles. The predicted molar refractivity (Wildman–Crippen MR) is 80.9 cm³/mol. The maximum absolute atomic E-state index is 10.1. The van der Waals surface area contributed by atoms with E-state index in [1.807, 2.05) is 0 Å². The molecule has 0 spiro atoms. The first-order valence-electron chi connectivity index (χ1n) is 6.64. The minimum Gasteiger partial charge on any atom is -0.393 e. The first kappa shape index (κ1) is 14.5. The zero-order valence-corrected chi connectivity index (χ0v) is 13.5. The highest BCUT2D eigenvalue weighted by atomic mass is 79.9. The number of halogens is 1. The van der Waals surface area contributed by atoms with Crippen LogP contribution in [0.2, 0.25) is 0 Å². The Kier molecular flexibility index (Phi) is 5.24. The normalized spacial score (nSPS) is 28.8. The molecule has 1 aliphatic rings. The van der Waals surface area contributed by atoms with Crippen LogP contribution in [0.25, 0.3) is 0 Å². The van der Waals surface area contributed by atoms with Crippen LogP contribution in [0.5, 0.6) is 0 Å². The van der Waals surface area contributed by atoms with E-state index in [-0.39, 0.29) is 6.10 Å². The van der Waals surface area contributed by atoms with E-state index < -0.39 is 0 Å². The molecule has 4 heteroatoms. The lowest BCUT2D eigenvalue weighted by molar-refractivity contribution is 0.0338. The van der Waals surface area contributed by atoms with Crippen molar-refractivity contribution >= 4 is 27.3 Å². The van der Waals surface area contributed by atoms with Gasteiger partial charge in [-0.2, -0.15) is 0 Å². The van der Waals surface area contributed by atoms with Crippen LogP contribution < -0.4 is 0 Å². The molecular weight excluding hydrogens is 310 g/mol. The summed E-state index contributed by atoms with van der Waals surface area (Å²) in [5.41, 5.74) is 1.35. The molecule has 1 aliphatic carbocycles. The van der Waals surface area contributed by atoms with Gasteiger partial charge in [0.05, 0.1) is 9.89 Å². The summed E-state index contributed by atoms with van der Waals surface area (Å²) in [4.78, 5) is 2.33. The summed E-state index contributed by atoms with van der Waals surface area (Å²) in [6, 6.07) is 2.18. The van der Waals surface area contributed by atoms with Crippen LogP contribution >= 0.6 is 27.3 Å². The zero-order valence-electron chi connectivity index (χ0n) is 11.1. The van der Waals surface area contributed by atoms with E-state index in [4.69, 9.17) is 0 Å². The Balaban J connectivity index is 1.84. The van der Waals surface area contributed by atoms with Crippen molar-refractivity contribution in [1.29, 1.82) is 0 Å².